The zero-order valence-corrected chi connectivity index (χ0v) is 16.0. The van der Waals surface area contributed by atoms with Crippen LogP contribution in [0.25, 0.3) is 0 Å². The molecule has 0 atom stereocenters. The van der Waals surface area contributed by atoms with Crippen molar-refractivity contribution in [2.45, 2.75) is 37.2 Å². The van der Waals surface area contributed by atoms with Crippen LogP contribution in [0.1, 0.15) is 24.8 Å². The van der Waals surface area contributed by atoms with E-state index in [1.165, 1.54) is 4.31 Å². The Labute approximate surface area is 159 Å². The summed E-state index contributed by atoms with van der Waals surface area (Å²) in [7, 11) is -3.39. The summed E-state index contributed by atoms with van der Waals surface area (Å²) in [5.74, 6) is 0. The van der Waals surface area contributed by atoms with Crippen molar-refractivity contribution >= 4 is 16.1 Å². The van der Waals surface area contributed by atoms with Gasteiger partial charge in [-0.15, -0.1) is 0 Å². The lowest BCUT2D eigenvalue weighted by molar-refractivity contribution is 0.240. The number of rotatable bonds is 8. The van der Waals surface area contributed by atoms with Crippen LogP contribution >= 0.6 is 0 Å². The van der Waals surface area contributed by atoms with Crippen molar-refractivity contribution in [2.75, 3.05) is 19.6 Å². The second kappa shape index (κ2) is 9.01. The maximum atomic E-state index is 12.5. The van der Waals surface area contributed by atoms with E-state index >= 15 is 0 Å². The molecule has 0 unspecified atom stereocenters. The highest BCUT2D eigenvalue weighted by molar-refractivity contribution is 7.89. The van der Waals surface area contributed by atoms with E-state index in [0.717, 1.165) is 31.4 Å². The summed E-state index contributed by atoms with van der Waals surface area (Å²) in [6, 6.07) is 8.30. The molecule has 3 rings (SSSR count). The monoisotopic (exact) mass is 391 g/mol. The summed E-state index contributed by atoms with van der Waals surface area (Å²) in [5.41, 5.74) is 0.849. The van der Waals surface area contributed by atoms with Crippen molar-refractivity contribution < 1.29 is 13.2 Å². The molecule has 8 nitrogen and oxygen atoms in total. The van der Waals surface area contributed by atoms with Gasteiger partial charge in [-0.05, 0) is 43.0 Å². The zero-order valence-electron chi connectivity index (χ0n) is 15.2. The number of nitrogens with one attached hydrogen (secondary N) is 2. The number of hydrogen-bond acceptors (Lipinski definition) is 4. The molecule has 1 aliphatic heterocycles. The average molecular weight is 391 g/mol. The minimum atomic E-state index is -3.39. The third-order valence-electron chi connectivity index (χ3n) is 4.49. The highest BCUT2D eigenvalue weighted by Gasteiger charge is 2.26. The van der Waals surface area contributed by atoms with Crippen LogP contribution in [0.4, 0.5) is 4.79 Å². The Kier molecular flexibility index (Phi) is 6.46. The van der Waals surface area contributed by atoms with Gasteiger partial charge in [-0.2, -0.15) is 9.40 Å². The predicted octanol–water partition coefficient (Wildman–Crippen LogP) is 1.56. The Morgan fingerprint density at radius 3 is 2.52 bits per heavy atom. The van der Waals surface area contributed by atoms with E-state index in [-0.39, 0.29) is 6.03 Å². The molecule has 1 aromatic carbocycles. The van der Waals surface area contributed by atoms with Gasteiger partial charge in [-0.1, -0.05) is 12.1 Å². The average Bonchev–Trinajstić information content (AvgIpc) is 3.38. The van der Waals surface area contributed by atoms with Crippen LogP contribution in [0.2, 0.25) is 0 Å². The highest BCUT2D eigenvalue weighted by Crippen LogP contribution is 2.21. The van der Waals surface area contributed by atoms with Crippen molar-refractivity contribution in [3.05, 3.63) is 48.3 Å². The standard InChI is InChI=1S/C18H25N5O3S/c24-18(19-9-3-11-22-12-4-10-21-22)20-15-16-5-7-17(8-6-16)27(25,26)23-13-1-2-14-23/h4-8,10,12H,1-3,9,11,13-15H2,(H2,19,20,24). The van der Waals surface area contributed by atoms with Crippen LogP contribution in [-0.4, -0.2) is 48.2 Å². The van der Waals surface area contributed by atoms with Crippen molar-refractivity contribution in [3.63, 3.8) is 0 Å². The van der Waals surface area contributed by atoms with Gasteiger partial charge >= 0.3 is 6.03 Å². The first-order valence-corrected chi connectivity index (χ1v) is 10.6. The lowest BCUT2D eigenvalue weighted by atomic mass is 10.2. The van der Waals surface area contributed by atoms with Crippen molar-refractivity contribution in [1.29, 1.82) is 0 Å². The van der Waals surface area contributed by atoms with E-state index in [1.54, 1.807) is 30.5 Å². The fraction of sp³-hybridized carbons (Fsp3) is 0.444. The number of nitrogens with zero attached hydrogens (tertiary/aromatic N) is 3. The smallest absolute Gasteiger partial charge is 0.315 e. The summed E-state index contributed by atoms with van der Waals surface area (Å²) in [4.78, 5) is 12.1. The van der Waals surface area contributed by atoms with Crippen LogP contribution < -0.4 is 10.6 Å². The normalized spacial score (nSPS) is 15.0. The molecule has 146 valence electrons. The Morgan fingerprint density at radius 2 is 1.85 bits per heavy atom. The Morgan fingerprint density at radius 1 is 1.11 bits per heavy atom. The molecular formula is C18H25N5O3S. The summed E-state index contributed by atoms with van der Waals surface area (Å²) in [6.07, 6.45) is 6.23. The Bertz CT molecular complexity index is 828. The van der Waals surface area contributed by atoms with E-state index in [0.29, 0.717) is 31.1 Å². The highest BCUT2D eigenvalue weighted by atomic mass is 32.2. The molecule has 2 heterocycles. The van der Waals surface area contributed by atoms with Gasteiger partial charge in [-0.3, -0.25) is 4.68 Å². The minimum absolute atomic E-state index is 0.246. The molecule has 27 heavy (non-hydrogen) atoms. The quantitative estimate of drug-likeness (QED) is 0.668. The number of aromatic nitrogens is 2. The van der Waals surface area contributed by atoms with Gasteiger partial charge in [0.05, 0.1) is 4.90 Å². The number of hydrogen-bond donors (Lipinski definition) is 2. The number of urea groups is 1. The lowest BCUT2D eigenvalue weighted by Gasteiger charge is -2.15. The molecule has 1 fully saturated rings. The zero-order chi connectivity index (χ0) is 19.1. The fourth-order valence-electron chi connectivity index (χ4n) is 2.98. The minimum Gasteiger partial charge on any atom is -0.338 e. The third-order valence-corrected chi connectivity index (χ3v) is 6.40. The second-order valence-electron chi connectivity index (χ2n) is 6.49. The number of carbonyl (C=O) groups is 1. The maximum absolute atomic E-state index is 12.5. The number of aryl methyl sites for hydroxylation is 1. The molecule has 1 aliphatic rings. The summed E-state index contributed by atoms with van der Waals surface area (Å²) in [5, 5.41) is 9.67. The molecule has 0 radical (unpaired) electrons. The van der Waals surface area contributed by atoms with Gasteiger partial charge in [0.2, 0.25) is 10.0 Å². The number of amides is 2. The van der Waals surface area contributed by atoms with Crippen molar-refractivity contribution in [1.82, 2.24) is 24.7 Å². The summed E-state index contributed by atoms with van der Waals surface area (Å²) in [6.45, 7) is 2.83. The SMILES string of the molecule is O=C(NCCCn1cccn1)NCc1ccc(S(=O)(=O)N2CCCC2)cc1. The van der Waals surface area contributed by atoms with Crippen molar-refractivity contribution in [2.24, 2.45) is 0 Å². The molecule has 0 saturated carbocycles. The summed E-state index contributed by atoms with van der Waals surface area (Å²) < 4.78 is 28.3. The number of benzene rings is 1. The first kappa shape index (κ1) is 19.4. The van der Waals surface area contributed by atoms with Crippen LogP contribution in [0.15, 0.2) is 47.6 Å². The van der Waals surface area contributed by atoms with Crippen LogP contribution in [0.5, 0.6) is 0 Å². The molecule has 0 bridgehead atoms. The largest absolute Gasteiger partial charge is 0.338 e. The second-order valence-corrected chi connectivity index (χ2v) is 8.43. The molecule has 2 amide bonds. The molecule has 0 spiro atoms. The topological polar surface area (TPSA) is 96.3 Å². The molecular weight excluding hydrogens is 366 g/mol. The van der Waals surface area contributed by atoms with Crippen LogP contribution in [0, 0.1) is 0 Å². The van der Waals surface area contributed by atoms with Crippen LogP contribution in [0.3, 0.4) is 0 Å². The van der Waals surface area contributed by atoms with Crippen molar-refractivity contribution in [3.8, 4) is 0 Å². The number of sulfonamides is 1. The van der Waals surface area contributed by atoms with Gasteiger partial charge in [0.15, 0.2) is 0 Å². The van der Waals surface area contributed by atoms with E-state index in [4.69, 9.17) is 0 Å². The first-order valence-electron chi connectivity index (χ1n) is 9.14. The predicted molar refractivity (Wildman–Crippen MR) is 102 cm³/mol. The van der Waals surface area contributed by atoms with Crippen LogP contribution in [-0.2, 0) is 23.1 Å². The molecule has 2 aromatic rings. The van der Waals surface area contributed by atoms with Gasteiger partial charge in [0.1, 0.15) is 0 Å². The Hall–Kier alpha value is -2.39. The molecule has 2 N–H and O–H groups in total. The Balaban J connectivity index is 1.41. The van der Waals surface area contributed by atoms with Gasteiger partial charge in [-0.25, -0.2) is 13.2 Å². The van der Waals surface area contributed by atoms with E-state index in [2.05, 4.69) is 15.7 Å². The van der Waals surface area contributed by atoms with Gasteiger partial charge < -0.3 is 10.6 Å². The summed E-state index contributed by atoms with van der Waals surface area (Å²) >= 11 is 0. The molecule has 9 heteroatoms. The molecule has 0 aliphatic carbocycles. The lowest BCUT2D eigenvalue weighted by Crippen LogP contribution is -2.35. The third kappa shape index (κ3) is 5.30. The van der Waals surface area contributed by atoms with Gasteiger partial charge in [0.25, 0.3) is 0 Å². The first-order chi connectivity index (χ1) is 13.1. The van der Waals surface area contributed by atoms with E-state index in [1.807, 2.05) is 16.9 Å². The fourth-order valence-corrected chi connectivity index (χ4v) is 4.49. The van der Waals surface area contributed by atoms with E-state index < -0.39 is 10.0 Å². The number of carbonyl (C=O) groups excluding carboxylic acids is 1. The molecule has 1 saturated heterocycles. The maximum Gasteiger partial charge on any atom is 0.315 e. The van der Waals surface area contributed by atoms with E-state index in [9.17, 15) is 13.2 Å². The van der Waals surface area contributed by atoms with Gasteiger partial charge in [0, 0.05) is 45.1 Å². The molecule has 1 aromatic heterocycles.